The molecule has 1 aromatic heterocycles. The lowest BCUT2D eigenvalue weighted by atomic mass is 10.3. The summed E-state index contributed by atoms with van der Waals surface area (Å²) in [6, 6.07) is 7.25. The molecular formula is C11H14N4O2. The Kier molecular flexibility index (Phi) is 2.88. The van der Waals surface area contributed by atoms with Crippen molar-refractivity contribution in [2.45, 2.75) is 6.61 Å². The van der Waals surface area contributed by atoms with Crippen molar-refractivity contribution in [1.29, 1.82) is 0 Å². The first-order chi connectivity index (χ1) is 8.17. The Bertz CT molecular complexity index is 536. The Balaban J connectivity index is 2.52. The number of nitrogens with two attached hydrogens (primary N) is 2. The molecule has 1 heterocycles. The van der Waals surface area contributed by atoms with E-state index in [4.69, 9.17) is 21.3 Å². The van der Waals surface area contributed by atoms with Crippen molar-refractivity contribution in [3.63, 3.8) is 0 Å². The van der Waals surface area contributed by atoms with Gasteiger partial charge in [-0.2, -0.15) is 5.10 Å². The topological polar surface area (TPSA) is 99.3 Å². The molecule has 2 aromatic rings. The van der Waals surface area contributed by atoms with Gasteiger partial charge in [0.25, 0.3) is 0 Å². The predicted molar refractivity (Wildman–Crippen MR) is 64.9 cm³/mol. The van der Waals surface area contributed by atoms with E-state index >= 15 is 0 Å². The van der Waals surface area contributed by atoms with Gasteiger partial charge in [-0.25, -0.2) is 4.68 Å². The van der Waals surface area contributed by atoms with Crippen LogP contribution in [0.2, 0.25) is 0 Å². The highest BCUT2D eigenvalue weighted by Gasteiger charge is 2.13. The van der Waals surface area contributed by atoms with E-state index in [9.17, 15) is 0 Å². The van der Waals surface area contributed by atoms with Crippen molar-refractivity contribution in [2.24, 2.45) is 0 Å². The van der Waals surface area contributed by atoms with Gasteiger partial charge in [-0.3, -0.25) is 0 Å². The van der Waals surface area contributed by atoms with Crippen LogP contribution >= 0.6 is 0 Å². The molecule has 0 saturated carbocycles. The van der Waals surface area contributed by atoms with Crippen LogP contribution < -0.4 is 16.2 Å². The zero-order valence-corrected chi connectivity index (χ0v) is 9.42. The van der Waals surface area contributed by atoms with E-state index in [1.54, 1.807) is 13.2 Å². The molecule has 0 aliphatic heterocycles. The van der Waals surface area contributed by atoms with Crippen molar-refractivity contribution < 1.29 is 9.84 Å². The van der Waals surface area contributed by atoms with E-state index < -0.39 is 0 Å². The van der Waals surface area contributed by atoms with Crippen LogP contribution in [0.5, 0.6) is 5.75 Å². The molecule has 0 unspecified atom stereocenters. The maximum absolute atomic E-state index is 9.07. The minimum Gasteiger partial charge on any atom is -0.497 e. The Morgan fingerprint density at radius 2 is 2.18 bits per heavy atom. The van der Waals surface area contributed by atoms with Crippen LogP contribution in [0.1, 0.15) is 5.69 Å². The number of benzene rings is 1. The lowest BCUT2D eigenvalue weighted by Gasteiger charge is -2.06. The molecule has 17 heavy (non-hydrogen) atoms. The second-order valence-electron chi connectivity index (χ2n) is 3.52. The van der Waals surface area contributed by atoms with Crippen LogP contribution in [0.15, 0.2) is 24.3 Å². The number of hydrogen-bond acceptors (Lipinski definition) is 5. The summed E-state index contributed by atoms with van der Waals surface area (Å²) in [5.74, 6) is 1.00. The van der Waals surface area contributed by atoms with Gasteiger partial charge in [0.05, 0.1) is 19.4 Å². The van der Waals surface area contributed by atoms with Crippen molar-refractivity contribution in [2.75, 3.05) is 18.6 Å². The highest BCUT2D eigenvalue weighted by molar-refractivity contribution is 5.65. The SMILES string of the molecule is COc1cccc(-n2nc(CO)c(N)c2N)c1. The van der Waals surface area contributed by atoms with Crippen LogP contribution in [-0.2, 0) is 6.61 Å². The largest absolute Gasteiger partial charge is 0.497 e. The molecule has 0 atom stereocenters. The highest BCUT2D eigenvalue weighted by atomic mass is 16.5. The lowest BCUT2D eigenvalue weighted by Crippen LogP contribution is -2.03. The molecule has 90 valence electrons. The van der Waals surface area contributed by atoms with Gasteiger partial charge in [0.15, 0.2) is 5.82 Å². The maximum Gasteiger partial charge on any atom is 0.150 e. The Morgan fingerprint density at radius 1 is 1.41 bits per heavy atom. The van der Waals surface area contributed by atoms with Gasteiger partial charge in [0, 0.05) is 6.07 Å². The normalized spacial score (nSPS) is 10.5. The number of aromatic nitrogens is 2. The van der Waals surface area contributed by atoms with Gasteiger partial charge < -0.3 is 21.3 Å². The third kappa shape index (κ3) is 1.90. The first kappa shape index (κ1) is 11.3. The number of nitrogens with zero attached hydrogens (tertiary/aromatic N) is 2. The standard InChI is InChI=1S/C11H14N4O2/c1-17-8-4-2-3-7(5-8)15-11(13)10(12)9(6-16)14-15/h2-5,16H,6,12-13H2,1H3. The van der Waals surface area contributed by atoms with Crippen LogP contribution in [-0.4, -0.2) is 22.0 Å². The number of aliphatic hydroxyl groups excluding tert-OH is 1. The average Bonchev–Trinajstić information content (AvgIpc) is 2.66. The second kappa shape index (κ2) is 4.34. The first-order valence-electron chi connectivity index (χ1n) is 5.05. The van der Waals surface area contributed by atoms with Crippen LogP contribution in [0, 0.1) is 0 Å². The van der Waals surface area contributed by atoms with E-state index in [0.29, 0.717) is 22.9 Å². The lowest BCUT2D eigenvalue weighted by molar-refractivity contribution is 0.277. The maximum atomic E-state index is 9.07. The number of methoxy groups -OCH3 is 1. The molecule has 0 spiro atoms. The van der Waals surface area contributed by atoms with E-state index in [2.05, 4.69) is 5.10 Å². The monoisotopic (exact) mass is 234 g/mol. The molecule has 2 rings (SSSR count). The van der Waals surface area contributed by atoms with Gasteiger partial charge >= 0.3 is 0 Å². The molecule has 0 radical (unpaired) electrons. The molecule has 0 saturated heterocycles. The van der Waals surface area contributed by atoms with Crippen LogP contribution in [0.25, 0.3) is 5.69 Å². The van der Waals surface area contributed by atoms with E-state index in [0.717, 1.165) is 5.69 Å². The third-order valence-corrected chi connectivity index (χ3v) is 2.48. The van der Waals surface area contributed by atoms with Crippen molar-refractivity contribution in [3.05, 3.63) is 30.0 Å². The smallest absolute Gasteiger partial charge is 0.150 e. The van der Waals surface area contributed by atoms with Crippen LogP contribution in [0.4, 0.5) is 11.5 Å². The number of ether oxygens (including phenoxy) is 1. The molecule has 0 aliphatic carbocycles. The fourth-order valence-electron chi connectivity index (χ4n) is 1.55. The molecule has 6 nitrogen and oxygen atoms in total. The minimum absolute atomic E-state index is 0.243. The van der Waals surface area contributed by atoms with Crippen molar-refractivity contribution in [1.82, 2.24) is 9.78 Å². The van der Waals surface area contributed by atoms with E-state index in [-0.39, 0.29) is 6.61 Å². The first-order valence-corrected chi connectivity index (χ1v) is 5.05. The van der Waals surface area contributed by atoms with Crippen molar-refractivity contribution >= 4 is 11.5 Å². The Labute approximate surface area is 98.4 Å². The Hall–Kier alpha value is -2.21. The fraction of sp³-hybridized carbons (Fsp3) is 0.182. The second-order valence-corrected chi connectivity index (χ2v) is 3.52. The summed E-state index contributed by atoms with van der Waals surface area (Å²) in [5.41, 5.74) is 12.9. The summed E-state index contributed by atoms with van der Waals surface area (Å²) in [6.45, 7) is -0.243. The molecule has 0 aliphatic rings. The number of hydrogen-bond donors (Lipinski definition) is 3. The summed E-state index contributed by atoms with van der Waals surface area (Å²) in [5, 5.41) is 13.2. The molecule has 5 N–H and O–H groups in total. The fourth-order valence-corrected chi connectivity index (χ4v) is 1.55. The minimum atomic E-state index is -0.243. The van der Waals surface area contributed by atoms with Gasteiger partial charge in [0.1, 0.15) is 17.1 Å². The average molecular weight is 234 g/mol. The van der Waals surface area contributed by atoms with Gasteiger partial charge in [0.2, 0.25) is 0 Å². The number of aliphatic hydroxyl groups is 1. The van der Waals surface area contributed by atoms with Crippen molar-refractivity contribution in [3.8, 4) is 11.4 Å². The zero-order chi connectivity index (χ0) is 12.4. The van der Waals surface area contributed by atoms with Gasteiger partial charge in [-0.1, -0.05) is 6.07 Å². The van der Waals surface area contributed by atoms with Gasteiger partial charge in [-0.15, -0.1) is 0 Å². The molecule has 6 heteroatoms. The van der Waals surface area contributed by atoms with Crippen LogP contribution in [0.3, 0.4) is 0 Å². The molecular weight excluding hydrogens is 220 g/mol. The summed E-state index contributed by atoms with van der Waals surface area (Å²) in [4.78, 5) is 0. The van der Waals surface area contributed by atoms with E-state index in [1.165, 1.54) is 4.68 Å². The van der Waals surface area contributed by atoms with Gasteiger partial charge in [-0.05, 0) is 12.1 Å². The number of anilines is 2. The molecule has 1 aromatic carbocycles. The zero-order valence-electron chi connectivity index (χ0n) is 9.42. The Morgan fingerprint density at radius 3 is 2.76 bits per heavy atom. The molecule has 0 amide bonds. The summed E-state index contributed by atoms with van der Waals surface area (Å²) in [7, 11) is 1.58. The summed E-state index contributed by atoms with van der Waals surface area (Å²) < 4.78 is 6.59. The number of nitrogen functional groups attached to an aromatic ring is 2. The number of rotatable bonds is 3. The quantitative estimate of drug-likeness (QED) is 0.719. The highest BCUT2D eigenvalue weighted by Crippen LogP contribution is 2.25. The summed E-state index contributed by atoms with van der Waals surface area (Å²) in [6.07, 6.45) is 0. The molecule has 0 bridgehead atoms. The predicted octanol–water partition coefficient (Wildman–Crippen LogP) is 0.538. The molecule has 0 fully saturated rings. The van der Waals surface area contributed by atoms with E-state index in [1.807, 2.05) is 18.2 Å². The third-order valence-electron chi connectivity index (χ3n) is 2.48. The summed E-state index contributed by atoms with van der Waals surface area (Å²) >= 11 is 0.